The van der Waals surface area contributed by atoms with Gasteiger partial charge in [0.1, 0.15) is 0 Å². The van der Waals surface area contributed by atoms with Gasteiger partial charge in [-0.3, -0.25) is 0 Å². The molecule has 2 rings (SSSR count). The molecule has 0 amide bonds. The molecule has 0 heterocycles. The van der Waals surface area contributed by atoms with Gasteiger partial charge in [0.05, 0.1) is 0 Å². The lowest BCUT2D eigenvalue weighted by atomic mass is 9.96. The summed E-state index contributed by atoms with van der Waals surface area (Å²) >= 11 is 7.86. The lowest BCUT2D eigenvalue weighted by Gasteiger charge is -2.19. The Morgan fingerprint density at radius 2 is 0.714 bits per heavy atom. The van der Waals surface area contributed by atoms with Crippen LogP contribution in [0.1, 0.15) is 188 Å². The van der Waals surface area contributed by atoms with Crippen LogP contribution < -0.4 is 0 Å². The van der Waals surface area contributed by atoms with Gasteiger partial charge in [-0.25, -0.2) is 0 Å². The lowest BCUT2D eigenvalue weighted by Crippen LogP contribution is -2.00. The zero-order chi connectivity index (χ0) is 30.7. The van der Waals surface area contributed by atoms with Crippen LogP contribution in [0.25, 0.3) is 0 Å². The molecule has 2 aromatic carbocycles. The summed E-state index contributed by atoms with van der Waals surface area (Å²) in [5, 5.41) is 0. The molecular weight excluding hydrogens is 640 g/mol. The average Bonchev–Trinajstić information content (AvgIpc) is 3.02. The van der Waals surface area contributed by atoms with E-state index in [1.165, 1.54) is 152 Å². The molecular formula is C40H66Br2. The predicted molar refractivity (Wildman–Crippen MR) is 199 cm³/mol. The van der Waals surface area contributed by atoms with Crippen LogP contribution in [0.4, 0.5) is 0 Å². The van der Waals surface area contributed by atoms with Gasteiger partial charge in [0.25, 0.3) is 0 Å². The van der Waals surface area contributed by atoms with Crippen molar-refractivity contribution in [2.45, 2.75) is 179 Å². The molecule has 0 aliphatic rings. The maximum atomic E-state index is 3.93. The highest BCUT2D eigenvalue weighted by Crippen LogP contribution is 2.38. The fraction of sp³-hybridized carbons (Fsp3) is 0.700. The number of hydrogen-bond acceptors (Lipinski definition) is 0. The molecule has 240 valence electrons. The first kappa shape index (κ1) is 39.4. The first-order chi connectivity index (χ1) is 20.6. The molecule has 0 N–H and O–H groups in total. The van der Waals surface area contributed by atoms with Gasteiger partial charge in [-0.15, -0.1) is 0 Å². The minimum absolute atomic E-state index is 0.497. The van der Waals surface area contributed by atoms with Crippen LogP contribution in [-0.2, 0) is 12.8 Å². The molecule has 0 aliphatic heterocycles. The molecule has 0 aromatic heterocycles. The summed E-state index contributed by atoms with van der Waals surface area (Å²) in [5.41, 5.74) is 6.19. The van der Waals surface area contributed by atoms with E-state index in [0.717, 1.165) is 0 Å². The van der Waals surface area contributed by atoms with E-state index in [0.29, 0.717) is 9.65 Å². The van der Waals surface area contributed by atoms with Crippen molar-refractivity contribution in [3.05, 3.63) is 70.8 Å². The van der Waals surface area contributed by atoms with Crippen LogP contribution in [0.15, 0.2) is 48.5 Å². The molecule has 0 fully saturated rings. The highest BCUT2D eigenvalue weighted by Gasteiger charge is 2.16. The summed E-state index contributed by atoms with van der Waals surface area (Å²) < 4.78 is 0. The van der Waals surface area contributed by atoms with E-state index >= 15 is 0 Å². The van der Waals surface area contributed by atoms with E-state index < -0.39 is 0 Å². The summed E-state index contributed by atoms with van der Waals surface area (Å²) in [5.74, 6) is 0. The van der Waals surface area contributed by atoms with E-state index in [1.807, 2.05) is 0 Å². The lowest BCUT2D eigenvalue weighted by molar-refractivity contribution is 0.618. The smallest absolute Gasteiger partial charge is 0.0398 e. The fourth-order valence-corrected chi connectivity index (χ4v) is 7.26. The molecule has 2 unspecified atom stereocenters. The standard InChI is InChI=1S/C20H32Br2.C20H34/c1-3-5-7-9-15-19(21)17-13-11-12-14-18(17)20(22)16-10-8-6-4-2;1-3-5-7-9-11-15-19-17-13-14-18-20(19)16-12-10-8-6-4-2/h11-14,19-20H,3-10,15-16H2,1-2H3;13-14,17-18H,3-12,15-16H2,1-2H3. The predicted octanol–water partition coefficient (Wildman–Crippen LogP) is 15.2. The molecule has 2 atom stereocenters. The van der Waals surface area contributed by atoms with Gasteiger partial charge in [0, 0.05) is 9.65 Å². The van der Waals surface area contributed by atoms with Crippen LogP contribution in [0.5, 0.6) is 0 Å². The Kier molecular flexibility index (Phi) is 26.2. The Bertz CT molecular complexity index is 790. The molecule has 2 heteroatoms. The van der Waals surface area contributed by atoms with Crippen molar-refractivity contribution in [1.82, 2.24) is 0 Å². The number of rotatable bonds is 24. The molecule has 0 spiro atoms. The van der Waals surface area contributed by atoms with Gasteiger partial charge < -0.3 is 0 Å². The topological polar surface area (TPSA) is 0 Å². The second-order valence-electron chi connectivity index (χ2n) is 12.4. The number of benzene rings is 2. The SMILES string of the molecule is CCCCCCC(Br)c1ccccc1C(Br)CCCCCC.CCCCCCCc1ccccc1CCCCCCC. The van der Waals surface area contributed by atoms with Crippen molar-refractivity contribution in [2.24, 2.45) is 0 Å². The summed E-state index contributed by atoms with van der Waals surface area (Å²) in [6.07, 6.45) is 29.6. The second-order valence-corrected chi connectivity index (χ2v) is 14.6. The largest absolute Gasteiger partial charge is 0.0839 e. The van der Waals surface area contributed by atoms with Gasteiger partial charge >= 0.3 is 0 Å². The number of hydrogen-bond donors (Lipinski definition) is 0. The van der Waals surface area contributed by atoms with Crippen molar-refractivity contribution < 1.29 is 0 Å². The number of unbranched alkanes of at least 4 members (excludes halogenated alkanes) is 14. The molecule has 0 aliphatic carbocycles. The van der Waals surface area contributed by atoms with Crippen LogP contribution in [0.3, 0.4) is 0 Å². The number of aryl methyl sites for hydroxylation is 2. The highest BCUT2D eigenvalue weighted by atomic mass is 79.9. The zero-order valence-electron chi connectivity index (χ0n) is 28.1. The normalized spacial score (nSPS) is 12.5. The van der Waals surface area contributed by atoms with Gasteiger partial charge in [0.15, 0.2) is 0 Å². The first-order valence-corrected chi connectivity index (χ1v) is 19.9. The molecule has 0 saturated carbocycles. The van der Waals surface area contributed by atoms with Gasteiger partial charge in [-0.2, -0.15) is 0 Å². The summed E-state index contributed by atoms with van der Waals surface area (Å²) in [4.78, 5) is 0.993. The summed E-state index contributed by atoms with van der Waals surface area (Å²) in [6.45, 7) is 9.12. The van der Waals surface area contributed by atoms with Crippen molar-refractivity contribution in [3.8, 4) is 0 Å². The Balaban J connectivity index is 0.000000422. The van der Waals surface area contributed by atoms with Crippen LogP contribution in [0.2, 0.25) is 0 Å². The quantitative estimate of drug-likeness (QED) is 0.0753. The van der Waals surface area contributed by atoms with Crippen LogP contribution >= 0.6 is 31.9 Å². The van der Waals surface area contributed by atoms with Crippen LogP contribution in [-0.4, -0.2) is 0 Å². The molecule has 42 heavy (non-hydrogen) atoms. The number of alkyl halides is 2. The van der Waals surface area contributed by atoms with E-state index in [4.69, 9.17) is 0 Å². The molecule has 2 aromatic rings. The molecule has 0 nitrogen and oxygen atoms in total. The minimum Gasteiger partial charge on any atom is -0.0839 e. The molecule has 0 saturated heterocycles. The Morgan fingerprint density at radius 1 is 0.405 bits per heavy atom. The maximum absolute atomic E-state index is 3.93. The fourth-order valence-electron chi connectivity index (χ4n) is 5.78. The Labute approximate surface area is 279 Å². The Morgan fingerprint density at radius 3 is 1.07 bits per heavy atom. The molecule has 0 bridgehead atoms. The van der Waals surface area contributed by atoms with Crippen molar-refractivity contribution in [1.29, 1.82) is 0 Å². The van der Waals surface area contributed by atoms with E-state index in [9.17, 15) is 0 Å². The monoisotopic (exact) mass is 704 g/mol. The Hall–Kier alpha value is -0.600. The number of halogens is 2. The maximum Gasteiger partial charge on any atom is 0.0398 e. The summed E-state index contributed by atoms with van der Waals surface area (Å²) in [6, 6.07) is 18.1. The van der Waals surface area contributed by atoms with Crippen molar-refractivity contribution in [3.63, 3.8) is 0 Å². The van der Waals surface area contributed by atoms with Gasteiger partial charge in [-0.1, -0.05) is 211 Å². The van der Waals surface area contributed by atoms with Gasteiger partial charge in [0.2, 0.25) is 0 Å². The molecule has 0 radical (unpaired) electrons. The third-order valence-electron chi connectivity index (χ3n) is 8.51. The van der Waals surface area contributed by atoms with Crippen LogP contribution in [0, 0.1) is 0 Å². The van der Waals surface area contributed by atoms with Crippen molar-refractivity contribution in [2.75, 3.05) is 0 Å². The summed E-state index contributed by atoms with van der Waals surface area (Å²) in [7, 11) is 0. The van der Waals surface area contributed by atoms with E-state index in [2.05, 4.69) is 108 Å². The van der Waals surface area contributed by atoms with E-state index in [1.54, 1.807) is 11.1 Å². The van der Waals surface area contributed by atoms with Gasteiger partial charge in [-0.05, 0) is 60.8 Å². The van der Waals surface area contributed by atoms with E-state index in [-0.39, 0.29) is 0 Å². The average molecular weight is 707 g/mol. The first-order valence-electron chi connectivity index (χ1n) is 18.0. The third-order valence-corrected chi connectivity index (χ3v) is 10.4. The van der Waals surface area contributed by atoms with Crippen molar-refractivity contribution >= 4 is 31.9 Å². The third kappa shape index (κ3) is 18.9. The zero-order valence-corrected chi connectivity index (χ0v) is 31.3. The second kappa shape index (κ2) is 27.9. The highest BCUT2D eigenvalue weighted by molar-refractivity contribution is 9.09. The minimum atomic E-state index is 0.497.